The van der Waals surface area contributed by atoms with Crippen molar-refractivity contribution >= 4 is 34.8 Å². The van der Waals surface area contributed by atoms with Crippen LogP contribution in [0.15, 0.2) is 48.5 Å². The predicted molar refractivity (Wildman–Crippen MR) is 97.5 cm³/mol. The van der Waals surface area contributed by atoms with Gasteiger partial charge in [-0.15, -0.1) is 0 Å². The maximum Gasteiger partial charge on any atom is 0.224 e. The highest BCUT2D eigenvalue weighted by Crippen LogP contribution is 2.21. The van der Waals surface area contributed by atoms with E-state index in [2.05, 4.69) is 22.3 Å². The number of nitrogens with zero attached hydrogens (tertiary/aromatic N) is 1. The number of carbonyl (C=O) groups excluding carboxylic acids is 1. The molecule has 0 fully saturated rings. The zero-order valence-corrected chi connectivity index (χ0v) is 14.6. The standard InChI is InChI=1S/C18H20Cl2N2O/c1-22(16-6-3-2-4-7-16)11-5-10-21-18(23)12-14-8-9-15(19)13-17(14)20/h2-4,6-9,13H,5,10-12H2,1H3,(H,21,23). The predicted octanol–water partition coefficient (Wildman–Crippen LogP) is 4.18. The van der Waals surface area contributed by atoms with Gasteiger partial charge in [0.2, 0.25) is 5.91 Å². The highest BCUT2D eigenvalue weighted by Gasteiger charge is 2.07. The van der Waals surface area contributed by atoms with Gasteiger partial charge in [-0.25, -0.2) is 0 Å². The van der Waals surface area contributed by atoms with E-state index in [1.807, 2.05) is 25.2 Å². The van der Waals surface area contributed by atoms with Gasteiger partial charge in [0.05, 0.1) is 6.42 Å². The molecule has 0 saturated heterocycles. The lowest BCUT2D eigenvalue weighted by atomic mass is 10.1. The van der Waals surface area contributed by atoms with E-state index >= 15 is 0 Å². The number of para-hydroxylation sites is 1. The number of hydrogen-bond acceptors (Lipinski definition) is 2. The molecule has 2 aromatic rings. The molecule has 0 bridgehead atoms. The summed E-state index contributed by atoms with van der Waals surface area (Å²) in [5.74, 6) is -0.0309. The second-order valence-corrected chi connectivity index (χ2v) is 6.22. The second kappa shape index (κ2) is 8.80. The van der Waals surface area contributed by atoms with E-state index in [0.29, 0.717) is 16.6 Å². The molecule has 0 unspecified atom stereocenters. The van der Waals surface area contributed by atoms with Gasteiger partial charge in [-0.3, -0.25) is 4.79 Å². The van der Waals surface area contributed by atoms with Gasteiger partial charge in [0.1, 0.15) is 0 Å². The number of hydrogen-bond donors (Lipinski definition) is 1. The summed E-state index contributed by atoms with van der Waals surface area (Å²) in [6.45, 7) is 1.52. The topological polar surface area (TPSA) is 32.3 Å². The fourth-order valence-corrected chi connectivity index (χ4v) is 2.73. The largest absolute Gasteiger partial charge is 0.375 e. The summed E-state index contributed by atoms with van der Waals surface area (Å²) in [6.07, 6.45) is 1.15. The minimum Gasteiger partial charge on any atom is -0.375 e. The van der Waals surface area contributed by atoms with Gasteiger partial charge >= 0.3 is 0 Å². The summed E-state index contributed by atoms with van der Waals surface area (Å²) in [5, 5.41) is 4.02. The first-order valence-electron chi connectivity index (χ1n) is 7.53. The summed E-state index contributed by atoms with van der Waals surface area (Å²) in [6, 6.07) is 15.4. The maximum atomic E-state index is 11.9. The lowest BCUT2D eigenvalue weighted by molar-refractivity contribution is -0.120. The Kier molecular flexibility index (Phi) is 6.75. The van der Waals surface area contributed by atoms with Crippen molar-refractivity contribution in [2.45, 2.75) is 12.8 Å². The third-order valence-corrected chi connectivity index (χ3v) is 4.14. The number of carbonyl (C=O) groups is 1. The Bertz CT molecular complexity index is 647. The minimum absolute atomic E-state index is 0.0309. The van der Waals surface area contributed by atoms with Crippen molar-refractivity contribution in [2.24, 2.45) is 0 Å². The van der Waals surface area contributed by atoms with Gasteiger partial charge in [0.15, 0.2) is 0 Å². The van der Waals surface area contributed by atoms with Crippen molar-refractivity contribution in [3.63, 3.8) is 0 Å². The van der Waals surface area contributed by atoms with Crippen LogP contribution in [0.25, 0.3) is 0 Å². The molecule has 0 atom stereocenters. The first-order valence-corrected chi connectivity index (χ1v) is 8.28. The molecular formula is C18H20Cl2N2O. The molecule has 5 heteroatoms. The summed E-state index contributed by atoms with van der Waals surface area (Å²) in [4.78, 5) is 14.1. The normalized spacial score (nSPS) is 10.4. The first kappa shape index (κ1) is 17.6. The molecule has 0 aliphatic rings. The molecule has 1 N–H and O–H groups in total. The Morgan fingerprint density at radius 2 is 1.87 bits per heavy atom. The molecule has 23 heavy (non-hydrogen) atoms. The minimum atomic E-state index is -0.0309. The molecule has 2 aromatic carbocycles. The van der Waals surface area contributed by atoms with Crippen molar-refractivity contribution in [1.29, 1.82) is 0 Å². The highest BCUT2D eigenvalue weighted by molar-refractivity contribution is 6.35. The summed E-state index contributed by atoms with van der Waals surface area (Å²) in [7, 11) is 2.05. The molecule has 122 valence electrons. The Labute approximate surface area is 147 Å². The van der Waals surface area contributed by atoms with E-state index < -0.39 is 0 Å². The fraction of sp³-hybridized carbons (Fsp3) is 0.278. The second-order valence-electron chi connectivity index (χ2n) is 5.37. The van der Waals surface area contributed by atoms with Crippen molar-refractivity contribution < 1.29 is 4.79 Å². The van der Waals surface area contributed by atoms with Crippen molar-refractivity contribution in [2.75, 3.05) is 25.0 Å². The highest BCUT2D eigenvalue weighted by atomic mass is 35.5. The van der Waals surface area contributed by atoms with Gasteiger partial charge < -0.3 is 10.2 Å². The van der Waals surface area contributed by atoms with E-state index in [-0.39, 0.29) is 12.3 Å². The van der Waals surface area contributed by atoms with Crippen LogP contribution >= 0.6 is 23.2 Å². The lowest BCUT2D eigenvalue weighted by Gasteiger charge is -2.19. The molecule has 0 aromatic heterocycles. The molecule has 0 spiro atoms. The van der Waals surface area contributed by atoms with Crippen LogP contribution in [-0.4, -0.2) is 26.0 Å². The van der Waals surface area contributed by atoms with Gasteiger partial charge in [0, 0.05) is 35.9 Å². The molecular weight excluding hydrogens is 331 g/mol. The maximum absolute atomic E-state index is 11.9. The van der Waals surface area contributed by atoms with Crippen LogP contribution in [0.1, 0.15) is 12.0 Å². The van der Waals surface area contributed by atoms with Crippen LogP contribution in [0.3, 0.4) is 0 Å². The Morgan fingerprint density at radius 1 is 1.13 bits per heavy atom. The Balaban J connectivity index is 1.71. The van der Waals surface area contributed by atoms with Gasteiger partial charge in [0.25, 0.3) is 0 Å². The van der Waals surface area contributed by atoms with Crippen LogP contribution in [0.5, 0.6) is 0 Å². The average molecular weight is 351 g/mol. The SMILES string of the molecule is CN(CCCNC(=O)Cc1ccc(Cl)cc1Cl)c1ccccc1. The van der Waals surface area contributed by atoms with Gasteiger partial charge in [-0.1, -0.05) is 47.5 Å². The summed E-state index contributed by atoms with van der Waals surface area (Å²) >= 11 is 11.9. The number of nitrogens with one attached hydrogen (secondary N) is 1. The van der Waals surface area contributed by atoms with Crippen LogP contribution in [0.2, 0.25) is 10.0 Å². The van der Waals surface area contributed by atoms with Gasteiger partial charge in [-0.05, 0) is 36.2 Å². The summed E-state index contributed by atoms with van der Waals surface area (Å²) < 4.78 is 0. The average Bonchev–Trinajstić information content (AvgIpc) is 2.55. The van der Waals surface area contributed by atoms with Crippen LogP contribution in [0, 0.1) is 0 Å². The van der Waals surface area contributed by atoms with Crippen molar-refractivity contribution in [1.82, 2.24) is 5.32 Å². The zero-order chi connectivity index (χ0) is 16.7. The number of amides is 1. The van der Waals surface area contributed by atoms with Crippen LogP contribution < -0.4 is 10.2 Å². The monoisotopic (exact) mass is 350 g/mol. The van der Waals surface area contributed by atoms with E-state index in [9.17, 15) is 4.79 Å². The Morgan fingerprint density at radius 3 is 2.57 bits per heavy atom. The van der Waals surface area contributed by atoms with Crippen LogP contribution in [0.4, 0.5) is 5.69 Å². The Hall–Kier alpha value is -1.71. The molecule has 0 aliphatic heterocycles. The number of rotatable bonds is 7. The van der Waals surface area contributed by atoms with Gasteiger partial charge in [-0.2, -0.15) is 0 Å². The van der Waals surface area contributed by atoms with E-state index in [1.54, 1.807) is 18.2 Å². The fourth-order valence-electron chi connectivity index (χ4n) is 2.26. The third kappa shape index (κ3) is 5.77. The van der Waals surface area contributed by atoms with E-state index in [4.69, 9.17) is 23.2 Å². The third-order valence-electron chi connectivity index (χ3n) is 3.56. The van der Waals surface area contributed by atoms with Crippen LogP contribution in [-0.2, 0) is 11.2 Å². The molecule has 0 saturated carbocycles. The summed E-state index contributed by atoms with van der Waals surface area (Å²) in [5.41, 5.74) is 1.96. The quantitative estimate of drug-likeness (QED) is 0.759. The molecule has 2 rings (SSSR count). The van der Waals surface area contributed by atoms with Crippen molar-refractivity contribution in [3.8, 4) is 0 Å². The van der Waals surface area contributed by atoms with E-state index in [1.165, 1.54) is 5.69 Å². The molecule has 1 amide bonds. The van der Waals surface area contributed by atoms with Crippen molar-refractivity contribution in [3.05, 3.63) is 64.1 Å². The molecule has 0 radical (unpaired) electrons. The first-order chi connectivity index (χ1) is 11.1. The number of halogens is 2. The van der Waals surface area contributed by atoms with E-state index in [0.717, 1.165) is 18.5 Å². The molecule has 3 nitrogen and oxygen atoms in total. The molecule has 0 aliphatic carbocycles. The lowest BCUT2D eigenvalue weighted by Crippen LogP contribution is -2.29. The smallest absolute Gasteiger partial charge is 0.224 e. The zero-order valence-electron chi connectivity index (χ0n) is 13.1. The molecule has 0 heterocycles. The number of anilines is 1. The number of benzene rings is 2.